The fourth-order valence-electron chi connectivity index (χ4n) is 2.28. The Hall–Kier alpha value is -1.37. The van der Waals surface area contributed by atoms with Crippen LogP contribution in [0.3, 0.4) is 0 Å². The number of amides is 1. The zero-order valence-corrected chi connectivity index (χ0v) is 14.2. The summed E-state index contributed by atoms with van der Waals surface area (Å²) in [5.74, 6) is -0.784. The summed E-state index contributed by atoms with van der Waals surface area (Å²) in [7, 11) is -3.61. The maximum atomic E-state index is 12.0. The van der Waals surface area contributed by atoms with Gasteiger partial charge in [-0.3, -0.25) is 9.48 Å². The van der Waals surface area contributed by atoms with Crippen molar-refractivity contribution in [3.63, 3.8) is 0 Å². The van der Waals surface area contributed by atoms with Crippen LogP contribution in [-0.4, -0.2) is 29.9 Å². The van der Waals surface area contributed by atoms with Crippen molar-refractivity contribution in [2.75, 3.05) is 5.75 Å². The molecule has 0 aliphatic carbocycles. The lowest BCUT2D eigenvalue weighted by atomic mass is 10.2. The number of hydrogen-bond donors (Lipinski definition) is 1. The third-order valence-electron chi connectivity index (χ3n) is 3.24. The lowest BCUT2D eigenvalue weighted by Crippen LogP contribution is -2.34. The van der Waals surface area contributed by atoms with Crippen LogP contribution in [0.25, 0.3) is 0 Å². The van der Waals surface area contributed by atoms with E-state index in [1.807, 2.05) is 6.92 Å². The van der Waals surface area contributed by atoms with Crippen LogP contribution >= 0.6 is 0 Å². The van der Waals surface area contributed by atoms with Crippen LogP contribution in [0.1, 0.15) is 62.8 Å². The first-order chi connectivity index (χ1) is 9.70. The SMILES string of the molecule is CCC(CC)n1nc(C(=O)NS(=O)(=O)CC(C)C)cc1C. The summed E-state index contributed by atoms with van der Waals surface area (Å²) in [6.07, 6.45) is 1.82. The second-order valence-corrected chi connectivity index (χ2v) is 7.46. The van der Waals surface area contributed by atoms with Crippen LogP contribution in [0, 0.1) is 12.8 Å². The van der Waals surface area contributed by atoms with Gasteiger partial charge in [-0.25, -0.2) is 13.1 Å². The first kappa shape index (κ1) is 17.7. The third-order valence-corrected chi connectivity index (χ3v) is 4.85. The van der Waals surface area contributed by atoms with Crippen molar-refractivity contribution in [3.8, 4) is 0 Å². The molecule has 1 heterocycles. The van der Waals surface area contributed by atoms with E-state index in [9.17, 15) is 13.2 Å². The predicted molar refractivity (Wildman–Crippen MR) is 82.7 cm³/mol. The van der Waals surface area contributed by atoms with Gasteiger partial charge in [-0.2, -0.15) is 5.10 Å². The molecule has 6 nitrogen and oxygen atoms in total. The molecule has 21 heavy (non-hydrogen) atoms. The molecule has 1 aromatic heterocycles. The minimum Gasteiger partial charge on any atom is -0.266 e. The fraction of sp³-hybridized carbons (Fsp3) is 0.714. The molecule has 1 N–H and O–H groups in total. The lowest BCUT2D eigenvalue weighted by Gasteiger charge is -2.14. The molecule has 1 rings (SSSR count). The summed E-state index contributed by atoms with van der Waals surface area (Å²) in [6.45, 7) is 9.56. The topological polar surface area (TPSA) is 81.1 Å². The Kier molecular flexibility index (Phi) is 5.95. The Morgan fingerprint density at radius 3 is 2.38 bits per heavy atom. The average Bonchev–Trinajstić information content (AvgIpc) is 2.71. The van der Waals surface area contributed by atoms with Crippen molar-refractivity contribution in [1.82, 2.24) is 14.5 Å². The van der Waals surface area contributed by atoms with Gasteiger partial charge >= 0.3 is 0 Å². The first-order valence-electron chi connectivity index (χ1n) is 7.31. The number of hydrogen-bond acceptors (Lipinski definition) is 4. The van der Waals surface area contributed by atoms with Gasteiger partial charge in [0.25, 0.3) is 5.91 Å². The average molecular weight is 315 g/mol. The van der Waals surface area contributed by atoms with Crippen LogP contribution < -0.4 is 4.72 Å². The minimum atomic E-state index is -3.61. The standard InChI is InChI=1S/C14H25N3O3S/c1-6-12(7-2)17-11(5)8-13(15-17)14(18)16-21(19,20)9-10(3)4/h8,10,12H,6-7,9H2,1-5H3,(H,16,18). The molecule has 0 saturated carbocycles. The highest BCUT2D eigenvalue weighted by molar-refractivity contribution is 7.90. The molecular weight excluding hydrogens is 290 g/mol. The molecule has 0 aliphatic rings. The highest BCUT2D eigenvalue weighted by atomic mass is 32.2. The zero-order valence-electron chi connectivity index (χ0n) is 13.4. The van der Waals surface area contributed by atoms with E-state index >= 15 is 0 Å². The molecule has 0 saturated heterocycles. The fourth-order valence-corrected chi connectivity index (χ4v) is 3.62. The normalized spacial score (nSPS) is 12.1. The molecule has 1 aromatic rings. The van der Waals surface area contributed by atoms with Gasteiger partial charge in [-0.1, -0.05) is 27.7 Å². The molecule has 0 atom stereocenters. The van der Waals surface area contributed by atoms with Gasteiger partial charge in [0.15, 0.2) is 5.69 Å². The molecule has 0 spiro atoms. The molecule has 120 valence electrons. The molecule has 0 fully saturated rings. The quantitative estimate of drug-likeness (QED) is 0.837. The van der Waals surface area contributed by atoms with Crippen molar-refractivity contribution >= 4 is 15.9 Å². The van der Waals surface area contributed by atoms with Gasteiger partial charge in [0.05, 0.1) is 11.8 Å². The molecule has 0 bridgehead atoms. The van der Waals surface area contributed by atoms with Gasteiger partial charge in [0.1, 0.15) is 0 Å². The zero-order chi connectivity index (χ0) is 16.2. The second-order valence-electron chi connectivity index (χ2n) is 5.69. The molecule has 0 aliphatic heterocycles. The van der Waals surface area contributed by atoms with E-state index < -0.39 is 15.9 Å². The van der Waals surface area contributed by atoms with Gasteiger partial charge in [0.2, 0.25) is 10.0 Å². The number of rotatable bonds is 7. The van der Waals surface area contributed by atoms with Crippen molar-refractivity contribution in [1.29, 1.82) is 0 Å². The second kappa shape index (κ2) is 7.06. The number of sulfonamides is 1. The Morgan fingerprint density at radius 1 is 1.33 bits per heavy atom. The monoisotopic (exact) mass is 315 g/mol. The number of nitrogens with zero attached hydrogens (tertiary/aromatic N) is 2. The van der Waals surface area contributed by atoms with E-state index in [1.165, 1.54) is 0 Å². The number of aromatic nitrogens is 2. The number of carbonyl (C=O) groups excluding carboxylic acids is 1. The van der Waals surface area contributed by atoms with Crippen LogP contribution in [0.4, 0.5) is 0 Å². The smallest absolute Gasteiger partial charge is 0.266 e. The Labute approximate surface area is 127 Å². The van der Waals surface area contributed by atoms with Crippen LogP contribution in [0.2, 0.25) is 0 Å². The summed E-state index contributed by atoms with van der Waals surface area (Å²) in [5.41, 5.74) is 1.00. The number of aryl methyl sites for hydroxylation is 1. The highest BCUT2D eigenvalue weighted by Crippen LogP contribution is 2.18. The minimum absolute atomic E-state index is 0.0424. The van der Waals surface area contributed by atoms with Crippen molar-refractivity contribution in [2.45, 2.75) is 53.5 Å². The van der Waals surface area contributed by atoms with Gasteiger partial charge in [-0.15, -0.1) is 0 Å². The molecule has 7 heteroatoms. The molecular formula is C14H25N3O3S. The predicted octanol–water partition coefficient (Wildman–Crippen LogP) is 2.27. The molecule has 0 aromatic carbocycles. The Bertz CT molecular complexity index is 587. The van der Waals surface area contributed by atoms with Crippen molar-refractivity contribution in [3.05, 3.63) is 17.5 Å². The summed E-state index contributed by atoms with van der Waals surface area (Å²) < 4.78 is 27.5. The Morgan fingerprint density at radius 2 is 1.90 bits per heavy atom. The largest absolute Gasteiger partial charge is 0.285 e. The number of carbonyl (C=O) groups is 1. The van der Waals surface area contributed by atoms with Crippen molar-refractivity contribution < 1.29 is 13.2 Å². The highest BCUT2D eigenvalue weighted by Gasteiger charge is 2.21. The maximum Gasteiger partial charge on any atom is 0.285 e. The summed E-state index contributed by atoms with van der Waals surface area (Å²) in [6, 6.07) is 1.84. The first-order valence-corrected chi connectivity index (χ1v) is 8.96. The third kappa shape index (κ3) is 4.84. The van der Waals surface area contributed by atoms with Gasteiger partial charge in [-0.05, 0) is 31.7 Å². The molecule has 0 radical (unpaired) electrons. The van der Waals surface area contributed by atoms with Crippen LogP contribution in [-0.2, 0) is 10.0 Å². The van der Waals surface area contributed by atoms with Gasteiger partial charge in [0, 0.05) is 5.69 Å². The van der Waals surface area contributed by atoms with Crippen molar-refractivity contribution in [2.24, 2.45) is 5.92 Å². The van der Waals surface area contributed by atoms with E-state index in [4.69, 9.17) is 0 Å². The van der Waals surface area contributed by atoms with E-state index in [2.05, 4.69) is 23.7 Å². The van der Waals surface area contributed by atoms with Gasteiger partial charge < -0.3 is 0 Å². The Balaban J connectivity index is 2.92. The van der Waals surface area contributed by atoms with E-state index in [0.717, 1.165) is 18.5 Å². The molecule has 0 unspecified atom stereocenters. The van der Waals surface area contributed by atoms with Crippen LogP contribution in [0.5, 0.6) is 0 Å². The summed E-state index contributed by atoms with van der Waals surface area (Å²) >= 11 is 0. The van der Waals surface area contributed by atoms with E-state index in [-0.39, 0.29) is 23.4 Å². The summed E-state index contributed by atoms with van der Waals surface area (Å²) in [4.78, 5) is 12.0. The van der Waals surface area contributed by atoms with E-state index in [1.54, 1.807) is 24.6 Å². The van der Waals surface area contributed by atoms with E-state index in [0.29, 0.717) is 0 Å². The number of nitrogens with one attached hydrogen (secondary N) is 1. The molecule has 1 amide bonds. The maximum absolute atomic E-state index is 12.0. The lowest BCUT2D eigenvalue weighted by molar-refractivity contribution is 0.0975. The van der Waals surface area contributed by atoms with Crippen LogP contribution in [0.15, 0.2) is 6.07 Å². The summed E-state index contributed by atoms with van der Waals surface area (Å²) in [5, 5.41) is 4.26.